The lowest BCUT2D eigenvalue weighted by Gasteiger charge is -2.17. The molecule has 2 N–H and O–H groups in total. The molecular weight excluding hydrogens is 363 g/mol. The van der Waals surface area contributed by atoms with E-state index >= 15 is 0 Å². The van der Waals surface area contributed by atoms with Crippen LogP contribution in [0.3, 0.4) is 0 Å². The molecule has 0 heterocycles. The second kappa shape index (κ2) is 8.97. The predicted octanol–water partition coefficient (Wildman–Crippen LogP) is 5.71. The van der Waals surface area contributed by atoms with Gasteiger partial charge in [-0.15, -0.1) is 0 Å². The summed E-state index contributed by atoms with van der Waals surface area (Å²) in [6.45, 7) is 2.26. The van der Waals surface area contributed by atoms with E-state index in [-0.39, 0.29) is 28.0 Å². The highest BCUT2D eigenvalue weighted by atomic mass is 35.5. The number of carboxylic acids is 1. The molecule has 0 aliphatic carbocycles. The van der Waals surface area contributed by atoms with Crippen molar-refractivity contribution in [3.05, 3.63) is 57.1 Å². The normalized spacial score (nSPS) is 10.7. The van der Waals surface area contributed by atoms with Gasteiger partial charge in [-0.2, -0.15) is 0 Å². The summed E-state index contributed by atoms with van der Waals surface area (Å²) in [5, 5.41) is 19.7. The minimum absolute atomic E-state index is 0.112. The molecule has 2 aromatic carbocycles. The van der Waals surface area contributed by atoms with E-state index in [4.69, 9.17) is 27.9 Å². The standard InChI is InChI=1S/C19H20Cl2O4/c1-2-3-5-10-13-14(19(23)24)17(22)16(21)18(15(13)20)25-11-12-8-6-4-7-9-12/h4,6-9,22H,2-3,5,10-11H2,1H3,(H,23,24). The van der Waals surface area contributed by atoms with Crippen LogP contribution in [0, 0.1) is 0 Å². The Hall–Kier alpha value is -1.91. The Morgan fingerprint density at radius 2 is 1.80 bits per heavy atom. The largest absolute Gasteiger partial charge is 0.505 e. The van der Waals surface area contributed by atoms with E-state index in [1.54, 1.807) is 0 Å². The molecule has 25 heavy (non-hydrogen) atoms. The minimum Gasteiger partial charge on any atom is -0.505 e. The van der Waals surface area contributed by atoms with Crippen LogP contribution in [0.4, 0.5) is 0 Å². The summed E-state index contributed by atoms with van der Waals surface area (Å²) in [7, 11) is 0. The van der Waals surface area contributed by atoms with Crippen molar-refractivity contribution in [3.63, 3.8) is 0 Å². The number of hydrogen-bond donors (Lipinski definition) is 2. The van der Waals surface area contributed by atoms with E-state index in [2.05, 4.69) is 0 Å². The van der Waals surface area contributed by atoms with Crippen LogP contribution in [-0.2, 0) is 13.0 Å². The maximum absolute atomic E-state index is 11.6. The Bertz CT molecular complexity index is 745. The summed E-state index contributed by atoms with van der Waals surface area (Å²) in [6.07, 6.45) is 3.10. The predicted molar refractivity (Wildman–Crippen MR) is 99.1 cm³/mol. The molecule has 0 bridgehead atoms. The summed E-state index contributed by atoms with van der Waals surface area (Å²) in [4.78, 5) is 11.6. The Morgan fingerprint density at radius 3 is 2.40 bits per heavy atom. The van der Waals surface area contributed by atoms with Gasteiger partial charge in [0.2, 0.25) is 0 Å². The second-order valence-corrected chi connectivity index (χ2v) is 6.45. The Labute approximate surface area is 157 Å². The zero-order valence-electron chi connectivity index (χ0n) is 13.9. The molecule has 0 fully saturated rings. The molecular formula is C19H20Cl2O4. The Morgan fingerprint density at radius 1 is 1.12 bits per heavy atom. The monoisotopic (exact) mass is 382 g/mol. The quantitative estimate of drug-likeness (QED) is 0.573. The van der Waals surface area contributed by atoms with Gasteiger partial charge in [-0.1, -0.05) is 73.3 Å². The fourth-order valence-corrected chi connectivity index (χ4v) is 3.21. The second-order valence-electron chi connectivity index (χ2n) is 5.70. The van der Waals surface area contributed by atoms with Gasteiger partial charge in [0.05, 0.1) is 5.02 Å². The molecule has 0 aromatic heterocycles. The maximum Gasteiger partial charge on any atom is 0.339 e. The van der Waals surface area contributed by atoms with Gasteiger partial charge < -0.3 is 14.9 Å². The van der Waals surface area contributed by atoms with Gasteiger partial charge in [-0.25, -0.2) is 4.79 Å². The van der Waals surface area contributed by atoms with Gasteiger partial charge in [0.15, 0.2) is 11.5 Å². The van der Waals surface area contributed by atoms with Crippen molar-refractivity contribution in [2.45, 2.75) is 39.2 Å². The maximum atomic E-state index is 11.6. The Kier molecular flexibility index (Phi) is 6.97. The van der Waals surface area contributed by atoms with Gasteiger partial charge >= 0.3 is 5.97 Å². The summed E-state index contributed by atoms with van der Waals surface area (Å²) in [5.74, 6) is -1.66. The van der Waals surface area contributed by atoms with Crippen LogP contribution in [-0.4, -0.2) is 16.2 Å². The third-order valence-electron chi connectivity index (χ3n) is 3.88. The molecule has 0 aliphatic rings. The molecule has 4 nitrogen and oxygen atoms in total. The summed E-state index contributed by atoms with van der Waals surface area (Å²) >= 11 is 12.5. The van der Waals surface area contributed by atoms with Crippen molar-refractivity contribution in [1.29, 1.82) is 0 Å². The first kappa shape index (κ1) is 19.4. The molecule has 0 saturated heterocycles. The van der Waals surface area contributed by atoms with Gasteiger partial charge in [0.25, 0.3) is 0 Å². The van der Waals surface area contributed by atoms with Gasteiger partial charge in [0, 0.05) is 0 Å². The topological polar surface area (TPSA) is 66.8 Å². The number of carboxylic acid groups (broad SMARTS) is 1. The molecule has 6 heteroatoms. The van der Waals surface area contributed by atoms with Gasteiger partial charge in [0.1, 0.15) is 17.2 Å². The zero-order valence-corrected chi connectivity index (χ0v) is 15.4. The number of halogens is 2. The van der Waals surface area contributed by atoms with E-state index in [0.29, 0.717) is 12.0 Å². The highest BCUT2D eigenvalue weighted by Gasteiger charge is 2.26. The molecule has 0 radical (unpaired) electrons. The van der Waals surface area contributed by atoms with Crippen LogP contribution < -0.4 is 4.74 Å². The van der Waals surface area contributed by atoms with E-state index in [1.165, 1.54) is 0 Å². The molecule has 2 aromatic rings. The molecule has 2 rings (SSSR count). The van der Waals surface area contributed by atoms with Crippen molar-refractivity contribution >= 4 is 29.2 Å². The van der Waals surface area contributed by atoms with Crippen molar-refractivity contribution in [3.8, 4) is 11.5 Å². The summed E-state index contributed by atoms with van der Waals surface area (Å²) < 4.78 is 5.70. The molecule has 0 spiro atoms. The lowest BCUT2D eigenvalue weighted by molar-refractivity contribution is 0.0692. The highest BCUT2D eigenvalue weighted by Crippen LogP contribution is 2.45. The highest BCUT2D eigenvalue weighted by molar-refractivity contribution is 6.39. The van der Waals surface area contributed by atoms with Crippen molar-refractivity contribution in [2.75, 3.05) is 0 Å². The fraction of sp³-hybridized carbons (Fsp3) is 0.316. The first-order valence-corrected chi connectivity index (χ1v) is 8.85. The number of unbranched alkanes of at least 4 members (excludes halogenated alkanes) is 2. The van der Waals surface area contributed by atoms with E-state index < -0.39 is 11.7 Å². The molecule has 0 aliphatic heterocycles. The van der Waals surface area contributed by atoms with E-state index in [9.17, 15) is 15.0 Å². The van der Waals surface area contributed by atoms with Gasteiger partial charge in [-0.3, -0.25) is 0 Å². The van der Waals surface area contributed by atoms with Crippen LogP contribution in [0.5, 0.6) is 11.5 Å². The average molecular weight is 383 g/mol. The summed E-state index contributed by atoms with van der Waals surface area (Å²) in [6, 6.07) is 9.42. The van der Waals surface area contributed by atoms with Crippen molar-refractivity contribution in [2.24, 2.45) is 0 Å². The third kappa shape index (κ3) is 4.59. The number of phenols is 1. The average Bonchev–Trinajstić information content (AvgIpc) is 2.60. The molecule has 0 unspecified atom stereocenters. The third-order valence-corrected chi connectivity index (χ3v) is 4.63. The van der Waals surface area contributed by atoms with Crippen LogP contribution in [0.2, 0.25) is 10.0 Å². The fourth-order valence-electron chi connectivity index (χ4n) is 2.58. The minimum atomic E-state index is -1.26. The van der Waals surface area contributed by atoms with Crippen LogP contribution in [0.1, 0.15) is 47.7 Å². The van der Waals surface area contributed by atoms with Crippen LogP contribution >= 0.6 is 23.2 Å². The van der Waals surface area contributed by atoms with Crippen molar-refractivity contribution in [1.82, 2.24) is 0 Å². The van der Waals surface area contributed by atoms with Crippen LogP contribution in [0.15, 0.2) is 30.3 Å². The van der Waals surface area contributed by atoms with Crippen molar-refractivity contribution < 1.29 is 19.7 Å². The molecule has 0 atom stereocenters. The number of aromatic hydroxyl groups is 1. The lowest BCUT2D eigenvalue weighted by Crippen LogP contribution is -2.07. The number of rotatable bonds is 8. The smallest absolute Gasteiger partial charge is 0.339 e. The first-order valence-electron chi connectivity index (χ1n) is 8.10. The Balaban J connectivity index is 2.40. The number of benzene rings is 2. The molecule has 0 saturated carbocycles. The van der Waals surface area contributed by atoms with E-state index in [1.807, 2.05) is 37.3 Å². The van der Waals surface area contributed by atoms with E-state index in [0.717, 1.165) is 24.8 Å². The number of hydrogen-bond acceptors (Lipinski definition) is 3. The molecule has 0 amide bonds. The first-order chi connectivity index (χ1) is 12.0. The van der Waals surface area contributed by atoms with Crippen LogP contribution in [0.25, 0.3) is 0 Å². The molecule has 134 valence electrons. The number of aromatic carboxylic acids is 1. The van der Waals surface area contributed by atoms with Gasteiger partial charge in [-0.05, 0) is 24.0 Å². The number of ether oxygens (including phenoxy) is 1. The zero-order chi connectivity index (χ0) is 18.4. The lowest BCUT2D eigenvalue weighted by atomic mass is 9.99. The summed E-state index contributed by atoms with van der Waals surface area (Å²) in [5.41, 5.74) is 1.01. The number of carbonyl (C=O) groups is 1. The SMILES string of the molecule is CCCCCc1c(Cl)c(OCc2ccccc2)c(Cl)c(O)c1C(=O)O.